The summed E-state index contributed by atoms with van der Waals surface area (Å²) in [6.07, 6.45) is 6.70. The fourth-order valence-electron chi connectivity index (χ4n) is 4.68. The van der Waals surface area contributed by atoms with E-state index in [-0.39, 0.29) is 29.4 Å². The second-order valence-electron chi connectivity index (χ2n) is 10.6. The van der Waals surface area contributed by atoms with E-state index in [9.17, 15) is 14.4 Å². The van der Waals surface area contributed by atoms with Gasteiger partial charge >= 0.3 is 6.09 Å². The third kappa shape index (κ3) is 5.79. The van der Waals surface area contributed by atoms with Gasteiger partial charge in [-0.1, -0.05) is 0 Å². The molecule has 0 radical (unpaired) electrons. The van der Waals surface area contributed by atoms with Crippen molar-refractivity contribution in [2.24, 2.45) is 7.05 Å². The number of amides is 2. The highest BCUT2D eigenvalue weighted by Gasteiger charge is 2.30. The SMILES string of the molecule is COc1cc2nn([C@H]3CC[C@H](N(C)C(=O)OC(C)(C)C)CC3)cc2cc1C(=O)Nc1cccn(C)c1=O. The number of carbonyl (C=O) groups excluding carboxylic acids is 2. The van der Waals surface area contributed by atoms with Crippen molar-refractivity contribution in [3.05, 3.63) is 52.6 Å². The molecule has 2 amide bonds. The summed E-state index contributed by atoms with van der Waals surface area (Å²) in [5.74, 6) is -0.0498. The van der Waals surface area contributed by atoms with Crippen LogP contribution in [0.15, 0.2) is 41.5 Å². The van der Waals surface area contributed by atoms with E-state index in [4.69, 9.17) is 14.6 Å². The van der Waals surface area contributed by atoms with Gasteiger partial charge < -0.3 is 24.3 Å². The van der Waals surface area contributed by atoms with Crippen LogP contribution in [0.4, 0.5) is 10.5 Å². The minimum absolute atomic E-state index is 0.122. The van der Waals surface area contributed by atoms with E-state index in [0.29, 0.717) is 11.3 Å². The summed E-state index contributed by atoms with van der Waals surface area (Å²) in [6, 6.07) is 7.05. The Labute approximate surface area is 216 Å². The topological polar surface area (TPSA) is 108 Å². The molecule has 0 saturated heterocycles. The van der Waals surface area contributed by atoms with Crippen LogP contribution in [0.5, 0.6) is 5.75 Å². The van der Waals surface area contributed by atoms with Crippen molar-refractivity contribution in [2.75, 3.05) is 19.5 Å². The summed E-state index contributed by atoms with van der Waals surface area (Å²) < 4.78 is 14.3. The van der Waals surface area contributed by atoms with Gasteiger partial charge in [0.25, 0.3) is 11.5 Å². The number of aromatic nitrogens is 3. The first kappa shape index (κ1) is 26.2. The zero-order valence-corrected chi connectivity index (χ0v) is 22.3. The number of hydrogen-bond acceptors (Lipinski definition) is 6. The van der Waals surface area contributed by atoms with E-state index in [0.717, 1.165) is 36.6 Å². The Morgan fingerprint density at radius 1 is 1.16 bits per heavy atom. The van der Waals surface area contributed by atoms with Crippen molar-refractivity contribution < 1.29 is 19.1 Å². The minimum atomic E-state index is -0.523. The van der Waals surface area contributed by atoms with Crippen molar-refractivity contribution >= 4 is 28.6 Å². The molecule has 0 aliphatic heterocycles. The smallest absolute Gasteiger partial charge is 0.410 e. The van der Waals surface area contributed by atoms with Crippen molar-refractivity contribution in [2.45, 2.75) is 64.1 Å². The fraction of sp³-hybridized carbons (Fsp3) is 0.481. The molecule has 1 aromatic carbocycles. The number of hydrogen-bond donors (Lipinski definition) is 1. The Morgan fingerprint density at radius 2 is 1.86 bits per heavy atom. The van der Waals surface area contributed by atoms with Gasteiger partial charge in [-0.3, -0.25) is 14.3 Å². The van der Waals surface area contributed by atoms with Gasteiger partial charge in [0, 0.05) is 44.0 Å². The maximum absolute atomic E-state index is 13.0. The molecule has 10 heteroatoms. The van der Waals surface area contributed by atoms with Crippen LogP contribution in [0, 0.1) is 0 Å². The number of pyridine rings is 1. The average molecular weight is 510 g/mol. The Morgan fingerprint density at radius 3 is 2.51 bits per heavy atom. The van der Waals surface area contributed by atoms with E-state index in [1.54, 1.807) is 49.5 Å². The number of nitrogens with one attached hydrogen (secondary N) is 1. The molecule has 2 aromatic heterocycles. The molecule has 1 saturated carbocycles. The monoisotopic (exact) mass is 509 g/mol. The third-order valence-corrected chi connectivity index (χ3v) is 6.73. The summed E-state index contributed by atoms with van der Waals surface area (Å²) in [4.78, 5) is 39.5. The molecule has 0 unspecified atom stereocenters. The van der Waals surface area contributed by atoms with Gasteiger partial charge in [0.1, 0.15) is 17.0 Å². The van der Waals surface area contributed by atoms with Crippen LogP contribution in [0.1, 0.15) is 62.9 Å². The maximum Gasteiger partial charge on any atom is 0.410 e. The molecule has 1 N–H and O–H groups in total. The van der Waals surface area contributed by atoms with E-state index in [2.05, 4.69) is 5.32 Å². The molecule has 0 spiro atoms. The molecule has 0 bridgehead atoms. The summed E-state index contributed by atoms with van der Waals surface area (Å²) in [5, 5.41) is 8.25. The standard InChI is InChI=1S/C27H35N5O5/c1-27(2,3)37-26(35)31(5)18-9-11-19(12-10-18)32-16-17-14-20(23(36-6)15-22(17)29-32)24(33)28-21-8-7-13-30(4)25(21)34/h7-8,13-16,18-19H,9-12H2,1-6H3,(H,28,33)/t18-,19-. The van der Waals surface area contributed by atoms with E-state index in [1.165, 1.54) is 11.7 Å². The molecule has 1 fully saturated rings. The Balaban J connectivity index is 1.49. The van der Waals surface area contributed by atoms with Crippen LogP contribution in [0.2, 0.25) is 0 Å². The quantitative estimate of drug-likeness (QED) is 0.548. The first-order chi connectivity index (χ1) is 17.5. The van der Waals surface area contributed by atoms with Crippen LogP contribution in [-0.2, 0) is 11.8 Å². The van der Waals surface area contributed by atoms with Crippen molar-refractivity contribution in [1.29, 1.82) is 0 Å². The lowest BCUT2D eigenvalue weighted by Gasteiger charge is -2.35. The highest BCUT2D eigenvalue weighted by molar-refractivity contribution is 6.08. The number of ether oxygens (including phenoxy) is 2. The van der Waals surface area contributed by atoms with Crippen molar-refractivity contribution in [3.63, 3.8) is 0 Å². The van der Waals surface area contributed by atoms with Gasteiger partial charge in [0.15, 0.2) is 0 Å². The van der Waals surface area contributed by atoms with Gasteiger partial charge in [-0.15, -0.1) is 0 Å². The molecule has 1 aliphatic rings. The molecule has 1 aliphatic carbocycles. The zero-order chi connectivity index (χ0) is 26.9. The van der Waals surface area contributed by atoms with Crippen molar-refractivity contribution in [3.8, 4) is 5.75 Å². The molecule has 198 valence electrons. The van der Waals surface area contributed by atoms with Crippen LogP contribution in [-0.4, -0.2) is 57.0 Å². The van der Waals surface area contributed by atoms with Crippen molar-refractivity contribution in [1.82, 2.24) is 19.2 Å². The van der Waals surface area contributed by atoms with Gasteiger partial charge in [0.05, 0.1) is 24.2 Å². The molecule has 0 atom stereocenters. The third-order valence-electron chi connectivity index (χ3n) is 6.73. The Bertz CT molecular complexity index is 1360. The Kier molecular flexibility index (Phi) is 7.29. The van der Waals surface area contributed by atoms with Gasteiger partial charge in [0.2, 0.25) is 0 Å². The normalized spacial score (nSPS) is 17.9. The summed E-state index contributed by atoms with van der Waals surface area (Å²) in [5.41, 5.74) is 0.419. The number of aryl methyl sites for hydroxylation is 1. The number of benzene rings is 1. The van der Waals surface area contributed by atoms with Crippen LogP contribution in [0.25, 0.3) is 10.9 Å². The number of carbonyl (C=O) groups is 2. The van der Waals surface area contributed by atoms with Crippen LogP contribution < -0.4 is 15.6 Å². The molecule has 37 heavy (non-hydrogen) atoms. The first-order valence-corrected chi connectivity index (χ1v) is 12.5. The van der Waals surface area contributed by atoms with Gasteiger partial charge in [-0.2, -0.15) is 5.10 Å². The maximum atomic E-state index is 13.0. The Hall–Kier alpha value is -3.82. The lowest BCUT2D eigenvalue weighted by Crippen LogP contribution is -2.42. The zero-order valence-electron chi connectivity index (χ0n) is 22.3. The largest absolute Gasteiger partial charge is 0.496 e. The highest BCUT2D eigenvalue weighted by atomic mass is 16.6. The molecule has 4 rings (SSSR count). The molecular weight excluding hydrogens is 474 g/mol. The predicted molar refractivity (Wildman–Crippen MR) is 141 cm³/mol. The summed E-state index contributed by atoms with van der Waals surface area (Å²) in [6.45, 7) is 5.60. The lowest BCUT2D eigenvalue weighted by atomic mass is 9.90. The van der Waals surface area contributed by atoms with E-state index < -0.39 is 11.5 Å². The van der Waals surface area contributed by atoms with Gasteiger partial charge in [-0.25, -0.2) is 4.79 Å². The van der Waals surface area contributed by atoms with Crippen LogP contribution >= 0.6 is 0 Å². The second kappa shape index (κ2) is 10.3. The van der Waals surface area contributed by atoms with E-state index in [1.807, 2.05) is 31.6 Å². The first-order valence-electron chi connectivity index (χ1n) is 12.5. The second-order valence-corrected chi connectivity index (χ2v) is 10.6. The summed E-state index contributed by atoms with van der Waals surface area (Å²) >= 11 is 0. The van der Waals surface area contributed by atoms with Gasteiger partial charge in [-0.05, 0) is 64.7 Å². The molecule has 10 nitrogen and oxygen atoms in total. The van der Waals surface area contributed by atoms with E-state index >= 15 is 0 Å². The highest BCUT2D eigenvalue weighted by Crippen LogP contribution is 2.33. The number of anilines is 1. The van der Waals surface area contributed by atoms with Crippen LogP contribution in [0.3, 0.4) is 0 Å². The molecule has 2 heterocycles. The average Bonchev–Trinajstić information content (AvgIpc) is 3.27. The number of rotatable bonds is 5. The minimum Gasteiger partial charge on any atom is -0.496 e. The lowest BCUT2D eigenvalue weighted by molar-refractivity contribution is 0.0173. The predicted octanol–water partition coefficient (Wildman–Crippen LogP) is 4.35. The summed E-state index contributed by atoms with van der Waals surface area (Å²) in [7, 11) is 4.92. The molecular formula is C27H35N5O5. The fourth-order valence-corrected chi connectivity index (χ4v) is 4.68. The number of fused-ring (bicyclic) bond motifs is 1. The molecule has 3 aromatic rings. The number of nitrogens with zero attached hydrogens (tertiary/aromatic N) is 4. The number of methoxy groups -OCH3 is 1.